The minimum Gasteiger partial charge on any atom is -0.550 e. The van der Waals surface area contributed by atoms with E-state index in [1.165, 1.54) is 24.3 Å². The van der Waals surface area contributed by atoms with Crippen LogP contribution in [0, 0.1) is 11.7 Å². The zero-order chi connectivity index (χ0) is 13.1. The SMILES string of the molecule is O=C([O-])C1CCN(C(=O)c2ccc(F)cc2)CC1. The molecule has 0 radical (unpaired) electrons. The van der Waals surface area contributed by atoms with E-state index >= 15 is 0 Å². The van der Waals surface area contributed by atoms with Gasteiger partial charge in [0.2, 0.25) is 0 Å². The molecule has 18 heavy (non-hydrogen) atoms. The van der Waals surface area contributed by atoms with Crippen LogP contribution in [-0.4, -0.2) is 29.9 Å². The molecule has 1 heterocycles. The van der Waals surface area contributed by atoms with Crippen molar-refractivity contribution in [3.05, 3.63) is 35.6 Å². The number of nitrogens with zero attached hydrogens (tertiary/aromatic N) is 1. The van der Waals surface area contributed by atoms with Crippen molar-refractivity contribution in [1.29, 1.82) is 0 Å². The molecule has 1 aliphatic rings. The van der Waals surface area contributed by atoms with Crippen molar-refractivity contribution < 1.29 is 19.1 Å². The molecule has 1 aliphatic heterocycles. The lowest BCUT2D eigenvalue weighted by molar-refractivity contribution is -0.312. The van der Waals surface area contributed by atoms with Crippen molar-refractivity contribution in [3.63, 3.8) is 0 Å². The van der Waals surface area contributed by atoms with Crippen LogP contribution in [0.2, 0.25) is 0 Å². The molecule has 1 aromatic rings. The lowest BCUT2D eigenvalue weighted by Gasteiger charge is -2.32. The van der Waals surface area contributed by atoms with Gasteiger partial charge in [0.05, 0.1) is 0 Å². The first kappa shape index (κ1) is 12.5. The molecule has 1 aromatic carbocycles. The maximum Gasteiger partial charge on any atom is 0.253 e. The zero-order valence-electron chi connectivity index (χ0n) is 9.77. The summed E-state index contributed by atoms with van der Waals surface area (Å²) in [6.45, 7) is 0.795. The Hall–Kier alpha value is -1.91. The summed E-state index contributed by atoms with van der Waals surface area (Å²) < 4.78 is 12.7. The van der Waals surface area contributed by atoms with Gasteiger partial charge in [0.15, 0.2) is 0 Å². The summed E-state index contributed by atoms with van der Waals surface area (Å²) in [6, 6.07) is 5.34. The van der Waals surface area contributed by atoms with Crippen molar-refractivity contribution in [3.8, 4) is 0 Å². The van der Waals surface area contributed by atoms with E-state index in [2.05, 4.69) is 0 Å². The van der Waals surface area contributed by atoms with E-state index in [0.29, 0.717) is 31.5 Å². The predicted molar refractivity (Wildman–Crippen MR) is 60.0 cm³/mol. The molecule has 96 valence electrons. The average molecular weight is 250 g/mol. The van der Waals surface area contributed by atoms with Gasteiger partial charge in [0.1, 0.15) is 5.82 Å². The summed E-state index contributed by atoms with van der Waals surface area (Å²) in [5.41, 5.74) is 0.420. The highest BCUT2D eigenvalue weighted by Gasteiger charge is 2.24. The van der Waals surface area contributed by atoms with Crippen LogP contribution in [0.15, 0.2) is 24.3 Å². The van der Waals surface area contributed by atoms with E-state index in [4.69, 9.17) is 0 Å². The van der Waals surface area contributed by atoms with Crippen LogP contribution in [-0.2, 0) is 4.79 Å². The number of carboxylic acid groups (broad SMARTS) is 1. The van der Waals surface area contributed by atoms with Crippen molar-refractivity contribution in [2.75, 3.05) is 13.1 Å². The Bertz CT molecular complexity index is 450. The second-order valence-electron chi connectivity index (χ2n) is 4.39. The summed E-state index contributed by atoms with van der Waals surface area (Å²) in [4.78, 5) is 24.3. The van der Waals surface area contributed by atoms with Gasteiger partial charge in [-0.1, -0.05) is 0 Å². The number of carbonyl (C=O) groups excluding carboxylic acids is 2. The molecule has 0 N–H and O–H groups in total. The van der Waals surface area contributed by atoms with Gasteiger partial charge in [-0.3, -0.25) is 4.79 Å². The lowest BCUT2D eigenvalue weighted by Crippen LogP contribution is -2.43. The summed E-state index contributed by atoms with van der Waals surface area (Å²) in [6.07, 6.45) is 0.824. The molecule has 1 amide bonds. The number of aliphatic carboxylic acids is 1. The Morgan fingerprint density at radius 2 is 1.72 bits per heavy atom. The molecule has 0 aromatic heterocycles. The summed E-state index contributed by atoms with van der Waals surface area (Å²) in [5.74, 6) is -2.10. The van der Waals surface area contributed by atoms with Crippen LogP contribution < -0.4 is 5.11 Å². The van der Waals surface area contributed by atoms with Crippen molar-refractivity contribution in [1.82, 2.24) is 4.90 Å². The number of carbonyl (C=O) groups is 2. The van der Waals surface area contributed by atoms with Crippen LogP contribution in [0.1, 0.15) is 23.2 Å². The van der Waals surface area contributed by atoms with Gasteiger partial charge >= 0.3 is 0 Å². The number of hydrogen-bond donors (Lipinski definition) is 0. The van der Waals surface area contributed by atoms with Crippen molar-refractivity contribution >= 4 is 11.9 Å². The Kier molecular flexibility index (Phi) is 3.60. The molecule has 0 bridgehead atoms. The van der Waals surface area contributed by atoms with Crippen LogP contribution in [0.25, 0.3) is 0 Å². The maximum absolute atomic E-state index is 12.7. The van der Waals surface area contributed by atoms with Gasteiger partial charge in [-0.15, -0.1) is 0 Å². The number of hydrogen-bond acceptors (Lipinski definition) is 3. The van der Waals surface area contributed by atoms with Gasteiger partial charge in [-0.05, 0) is 37.1 Å². The third-order valence-corrected chi connectivity index (χ3v) is 3.21. The first-order valence-corrected chi connectivity index (χ1v) is 5.83. The van der Waals surface area contributed by atoms with E-state index in [1.54, 1.807) is 4.90 Å². The number of rotatable bonds is 2. The lowest BCUT2D eigenvalue weighted by atomic mass is 9.96. The second kappa shape index (κ2) is 5.16. The number of benzene rings is 1. The highest BCUT2D eigenvalue weighted by molar-refractivity contribution is 5.94. The molecular formula is C13H13FNO3-. The van der Waals surface area contributed by atoms with E-state index in [9.17, 15) is 19.1 Å². The molecule has 2 rings (SSSR count). The summed E-state index contributed by atoms with van der Waals surface area (Å²) in [5, 5.41) is 10.7. The minimum absolute atomic E-state index is 0.188. The molecule has 0 spiro atoms. The van der Waals surface area contributed by atoms with Gasteiger partial charge in [0, 0.05) is 30.5 Å². The smallest absolute Gasteiger partial charge is 0.253 e. The fourth-order valence-corrected chi connectivity index (χ4v) is 2.09. The molecule has 1 fully saturated rings. The number of piperidine rings is 1. The first-order chi connectivity index (χ1) is 8.58. The number of likely N-dealkylation sites (tertiary alicyclic amines) is 1. The summed E-state index contributed by atoms with van der Waals surface area (Å²) >= 11 is 0. The van der Waals surface area contributed by atoms with E-state index < -0.39 is 11.9 Å². The third-order valence-electron chi connectivity index (χ3n) is 3.21. The van der Waals surface area contributed by atoms with Crippen LogP contribution in [0.5, 0.6) is 0 Å². The molecule has 5 heteroatoms. The third kappa shape index (κ3) is 2.67. The fraction of sp³-hybridized carbons (Fsp3) is 0.385. The van der Waals surface area contributed by atoms with Crippen LogP contribution >= 0.6 is 0 Å². The van der Waals surface area contributed by atoms with Gasteiger partial charge in [-0.2, -0.15) is 0 Å². The van der Waals surface area contributed by atoms with Gasteiger partial charge in [-0.25, -0.2) is 4.39 Å². The summed E-state index contributed by atoms with van der Waals surface area (Å²) in [7, 11) is 0. The highest BCUT2D eigenvalue weighted by atomic mass is 19.1. The fourth-order valence-electron chi connectivity index (χ4n) is 2.09. The Labute approximate surface area is 104 Å². The number of halogens is 1. The average Bonchev–Trinajstić information content (AvgIpc) is 2.39. The molecule has 0 unspecified atom stereocenters. The van der Waals surface area contributed by atoms with Gasteiger partial charge < -0.3 is 14.8 Å². The molecule has 0 aliphatic carbocycles. The standard InChI is InChI=1S/C13H14FNO3/c14-11-3-1-9(2-4-11)12(16)15-7-5-10(6-8-15)13(17)18/h1-4,10H,5-8H2,(H,17,18)/p-1. The van der Waals surface area contributed by atoms with Crippen LogP contribution in [0.4, 0.5) is 4.39 Å². The number of amides is 1. The minimum atomic E-state index is -1.05. The van der Waals surface area contributed by atoms with Crippen molar-refractivity contribution in [2.24, 2.45) is 5.92 Å². The normalized spacial score (nSPS) is 16.6. The predicted octanol–water partition coefficient (Wildman–Crippen LogP) is 0.428. The highest BCUT2D eigenvalue weighted by Crippen LogP contribution is 2.18. The van der Waals surface area contributed by atoms with E-state index in [0.717, 1.165) is 0 Å². The zero-order valence-corrected chi connectivity index (χ0v) is 9.77. The topological polar surface area (TPSA) is 60.4 Å². The largest absolute Gasteiger partial charge is 0.550 e. The Balaban J connectivity index is 1.99. The monoisotopic (exact) mass is 250 g/mol. The molecule has 0 saturated carbocycles. The van der Waals surface area contributed by atoms with E-state index in [1.807, 2.05) is 0 Å². The number of carboxylic acids is 1. The van der Waals surface area contributed by atoms with E-state index in [-0.39, 0.29) is 11.7 Å². The Morgan fingerprint density at radius 1 is 1.17 bits per heavy atom. The Morgan fingerprint density at radius 3 is 2.22 bits per heavy atom. The quantitative estimate of drug-likeness (QED) is 0.764. The van der Waals surface area contributed by atoms with Crippen LogP contribution in [0.3, 0.4) is 0 Å². The molecule has 0 atom stereocenters. The molecule has 1 saturated heterocycles. The maximum atomic E-state index is 12.7. The first-order valence-electron chi connectivity index (χ1n) is 5.83. The van der Waals surface area contributed by atoms with Crippen molar-refractivity contribution in [2.45, 2.75) is 12.8 Å². The van der Waals surface area contributed by atoms with Gasteiger partial charge in [0.25, 0.3) is 5.91 Å². The second-order valence-corrected chi connectivity index (χ2v) is 4.39. The molecular weight excluding hydrogens is 237 g/mol. The molecule has 4 nitrogen and oxygen atoms in total.